The number of halogens is 1. The average Bonchev–Trinajstić information content (AvgIpc) is 3.04. The molecule has 0 unspecified atom stereocenters. The van der Waals surface area contributed by atoms with Gasteiger partial charge in [-0.3, -0.25) is 0 Å². The fraction of sp³-hybridized carbons (Fsp3) is 0.519. The van der Waals surface area contributed by atoms with Crippen LogP contribution in [-0.4, -0.2) is 47.6 Å². The number of hydrogen-bond donors (Lipinski definition) is 1. The zero-order chi connectivity index (χ0) is 25.4. The summed E-state index contributed by atoms with van der Waals surface area (Å²) >= 11 is 0. The first-order chi connectivity index (χ1) is 16.5. The zero-order valence-corrected chi connectivity index (χ0v) is 21.2. The van der Waals surface area contributed by atoms with Gasteiger partial charge in [-0.05, 0) is 76.2 Å². The van der Waals surface area contributed by atoms with Crippen molar-refractivity contribution in [3.8, 4) is 0 Å². The smallest absolute Gasteiger partial charge is 0.438 e. The van der Waals surface area contributed by atoms with Gasteiger partial charge < -0.3 is 24.1 Å². The molecule has 0 aliphatic carbocycles. The highest BCUT2D eigenvalue weighted by Crippen LogP contribution is 2.40. The molecule has 2 saturated heterocycles. The van der Waals surface area contributed by atoms with Gasteiger partial charge in [-0.15, -0.1) is 0 Å². The lowest BCUT2D eigenvalue weighted by molar-refractivity contribution is -0.0680. The summed E-state index contributed by atoms with van der Waals surface area (Å²) in [5, 5.41) is 9.39. The standard InChI is InChI=1S/C27H35BFNO5/c1-19(20-7-11-22(12-8-20)28-34-25(2,3)26(4,5)35-28)30-17-16-27(15-6-18-31,33-24(30)32)21-9-13-23(29)14-10-21/h7-14,19,31H,6,15-18H2,1-5H3/t19-,27+/m0/s1. The number of nitrogens with zero attached hydrogens (tertiary/aromatic N) is 1. The number of benzene rings is 2. The normalized spacial score (nSPS) is 24.4. The largest absolute Gasteiger partial charge is 0.494 e. The van der Waals surface area contributed by atoms with Crippen molar-refractivity contribution in [3.05, 3.63) is 65.5 Å². The van der Waals surface area contributed by atoms with E-state index in [2.05, 4.69) is 0 Å². The first-order valence-electron chi connectivity index (χ1n) is 12.3. The summed E-state index contributed by atoms with van der Waals surface area (Å²) < 4.78 is 31.8. The first kappa shape index (κ1) is 25.7. The van der Waals surface area contributed by atoms with Gasteiger partial charge in [-0.1, -0.05) is 36.4 Å². The summed E-state index contributed by atoms with van der Waals surface area (Å²) in [6.07, 6.45) is 1.11. The molecule has 2 aliphatic heterocycles. The summed E-state index contributed by atoms with van der Waals surface area (Å²) in [4.78, 5) is 14.9. The van der Waals surface area contributed by atoms with Gasteiger partial charge in [0.25, 0.3) is 0 Å². The van der Waals surface area contributed by atoms with Crippen LogP contribution in [-0.2, 0) is 19.6 Å². The molecule has 0 spiro atoms. The summed E-state index contributed by atoms with van der Waals surface area (Å²) in [5.41, 5.74) is 0.971. The predicted octanol–water partition coefficient (Wildman–Crippen LogP) is 4.70. The number of rotatable bonds is 7. The SMILES string of the molecule is C[C@@H](c1ccc(B2OC(C)(C)C(C)(C)O2)cc1)N1CC[C@](CCCO)(c2ccc(F)cc2)OC1=O. The summed E-state index contributed by atoms with van der Waals surface area (Å²) in [5.74, 6) is -0.340. The summed E-state index contributed by atoms with van der Waals surface area (Å²) in [7, 11) is -0.438. The van der Waals surface area contributed by atoms with E-state index in [1.54, 1.807) is 17.0 Å². The maximum absolute atomic E-state index is 13.5. The van der Waals surface area contributed by atoms with Crippen molar-refractivity contribution in [1.82, 2.24) is 4.90 Å². The van der Waals surface area contributed by atoms with Crippen molar-refractivity contribution in [2.75, 3.05) is 13.2 Å². The highest BCUT2D eigenvalue weighted by molar-refractivity contribution is 6.62. The Balaban J connectivity index is 1.48. The molecule has 188 valence electrons. The second-order valence-corrected chi connectivity index (χ2v) is 10.6. The van der Waals surface area contributed by atoms with Gasteiger partial charge in [0.1, 0.15) is 11.4 Å². The minimum absolute atomic E-state index is 0.00422. The number of cyclic esters (lactones) is 1. The Labute approximate surface area is 207 Å². The molecule has 0 radical (unpaired) electrons. The third-order valence-electron chi connectivity index (χ3n) is 7.79. The maximum atomic E-state index is 13.5. The van der Waals surface area contributed by atoms with Crippen molar-refractivity contribution >= 4 is 18.7 Å². The Morgan fingerprint density at radius 2 is 1.63 bits per heavy atom. The zero-order valence-electron chi connectivity index (χ0n) is 21.2. The molecule has 2 aromatic carbocycles. The van der Waals surface area contributed by atoms with Crippen LogP contribution in [0, 0.1) is 5.82 Å². The van der Waals surface area contributed by atoms with Crippen LogP contribution in [0.3, 0.4) is 0 Å². The van der Waals surface area contributed by atoms with Crippen molar-refractivity contribution in [1.29, 1.82) is 0 Å². The van der Waals surface area contributed by atoms with Crippen molar-refractivity contribution in [2.45, 2.75) is 76.7 Å². The molecule has 2 atom stereocenters. The molecular formula is C27H35BFNO5. The number of aliphatic hydroxyl groups is 1. The van der Waals surface area contributed by atoms with Crippen LogP contribution in [0.5, 0.6) is 0 Å². The van der Waals surface area contributed by atoms with Crippen molar-refractivity contribution in [2.24, 2.45) is 0 Å². The predicted molar refractivity (Wildman–Crippen MR) is 133 cm³/mol. The molecule has 4 rings (SSSR count). The van der Waals surface area contributed by atoms with Gasteiger partial charge in [0.05, 0.1) is 17.2 Å². The highest BCUT2D eigenvalue weighted by atomic mass is 19.1. The number of aliphatic hydroxyl groups excluding tert-OH is 1. The molecule has 0 aromatic heterocycles. The minimum Gasteiger partial charge on any atom is -0.438 e. The van der Waals surface area contributed by atoms with E-state index in [-0.39, 0.29) is 18.5 Å². The minimum atomic E-state index is -0.871. The maximum Gasteiger partial charge on any atom is 0.494 e. The number of carbonyl (C=O) groups excluding carboxylic acids is 1. The van der Waals surface area contributed by atoms with E-state index in [0.29, 0.717) is 25.8 Å². The monoisotopic (exact) mass is 483 g/mol. The molecule has 2 heterocycles. The second-order valence-electron chi connectivity index (χ2n) is 10.6. The van der Waals surface area contributed by atoms with Gasteiger partial charge >= 0.3 is 13.2 Å². The van der Waals surface area contributed by atoms with Gasteiger partial charge in [0.15, 0.2) is 0 Å². The molecule has 0 saturated carbocycles. The summed E-state index contributed by atoms with van der Waals surface area (Å²) in [6, 6.07) is 13.8. The van der Waals surface area contributed by atoms with Gasteiger partial charge in [0.2, 0.25) is 0 Å². The molecule has 1 amide bonds. The third-order valence-corrected chi connectivity index (χ3v) is 7.79. The molecule has 6 nitrogen and oxygen atoms in total. The van der Waals surface area contributed by atoms with Gasteiger partial charge in [-0.2, -0.15) is 0 Å². The Kier molecular flexibility index (Phi) is 7.01. The van der Waals surface area contributed by atoms with E-state index in [0.717, 1.165) is 16.6 Å². The van der Waals surface area contributed by atoms with E-state index < -0.39 is 30.0 Å². The quantitative estimate of drug-likeness (QED) is 0.579. The van der Waals surface area contributed by atoms with Crippen LogP contribution in [0.4, 0.5) is 9.18 Å². The molecule has 1 N–H and O–H groups in total. The van der Waals surface area contributed by atoms with E-state index in [4.69, 9.17) is 14.0 Å². The van der Waals surface area contributed by atoms with E-state index in [1.165, 1.54) is 12.1 Å². The Morgan fingerprint density at radius 3 is 2.17 bits per heavy atom. The summed E-state index contributed by atoms with van der Waals surface area (Å²) in [6.45, 7) is 10.6. The Bertz CT molecular complexity index is 1030. The van der Waals surface area contributed by atoms with Crippen LogP contribution in [0.2, 0.25) is 0 Å². The number of hydrogen-bond acceptors (Lipinski definition) is 5. The molecule has 2 aliphatic rings. The fourth-order valence-electron chi connectivity index (χ4n) is 4.75. The topological polar surface area (TPSA) is 68.2 Å². The second kappa shape index (κ2) is 9.56. The first-order valence-corrected chi connectivity index (χ1v) is 12.3. The fourth-order valence-corrected chi connectivity index (χ4v) is 4.75. The number of amides is 1. The van der Waals surface area contributed by atoms with E-state index in [9.17, 15) is 14.3 Å². The lowest BCUT2D eigenvalue weighted by Gasteiger charge is -2.43. The lowest BCUT2D eigenvalue weighted by atomic mass is 9.78. The van der Waals surface area contributed by atoms with Crippen LogP contribution in [0.15, 0.2) is 48.5 Å². The highest BCUT2D eigenvalue weighted by Gasteiger charge is 2.51. The molecule has 2 aromatic rings. The van der Waals surface area contributed by atoms with Crippen LogP contribution < -0.4 is 5.46 Å². The van der Waals surface area contributed by atoms with Crippen molar-refractivity contribution < 1.29 is 28.3 Å². The molecule has 35 heavy (non-hydrogen) atoms. The van der Waals surface area contributed by atoms with Crippen LogP contribution in [0.25, 0.3) is 0 Å². The Hall–Kier alpha value is -2.42. The lowest BCUT2D eigenvalue weighted by Crippen LogP contribution is -2.48. The molecule has 2 fully saturated rings. The van der Waals surface area contributed by atoms with Crippen LogP contribution in [0.1, 0.15) is 71.0 Å². The van der Waals surface area contributed by atoms with E-state index >= 15 is 0 Å². The van der Waals surface area contributed by atoms with Gasteiger partial charge in [0, 0.05) is 19.6 Å². The molecule has 0 bridgehead atoms. The Morgan fingerprint density at radius 1 is 1.03 bits per heavy atom. The average molecular weight is 483 g/mol. The van der Waals surface area contributed by atoms with Crippen molar-refractivity contribution in [3.63, 3.8) is 0 Å². The number of carbonyl (C=O) groups is 1. The van der Waals surface area contributed by atoms with E-state index in [1.807, 2.05) is 58.9 Å². The molecular weight excluding hydrogens is 448 g/mol. The van der Waals surface area contributed by atoms with Crippen LogP contribution >= 0.6 is 0 Å². The third kappa shape index (κ3) is 4.97. The number of ether oxygens (including phenoxy) is 1. The van der Waals surface area contributed by atoms with Gasteiger partial charge in [-0.25, -0.2) is 9.18 Å². The molecule has 8 heteroatoms.